The van der Waals surface area contributed by atoms with Gasteiger partial charge in [-0.15, -0.1) is 0 Å². The van der Waals surface area contributed by atoms with Crippen molar-refractivity contribution in [2.75, 3.05) is 11.4 Å². The van der Waals surface area contributed by atoms with Gasteiger partial charge in [-0.2, -0.15) is 0 Å². The van der Waals surface area contributed by atoms with Crippen molar-refractivity contribution >= 4 is 38.3 Å². The predicted octanol–water partition coefficient (Wildman–Crippen LogP) is 3.22. The van der Waals surface area contributed by atoms with E-state index in [-0.39, 0.29) is 5.56 Å². The second-order valence-corrected chi connectivity index (χ2v) is 7.54. The summed E-state index contributed by atoms with van der Waals surface area (Å²) in [5.74, 6) is 0.759. The van der Waals surface area contributed by atoms with Gasteiger partial charge in [-0.1, -0.05) is 29.0 Å². The van der Waals surface area contributed by atoms with Gasteiger partial charge in [-0.3, -0.25) is 9.36 Å². The van der Waals surface area contributed by atoms with Crippen LogP contribution in [0, 0.1) is 13.8 Å². The quantitative estimate of drug-likeness (QED) is 0.668. The molecule has 0 unspecified atom stereocenters. The molecule has 24 heavy (non-hydrogen) atoms. The van der Waals surface area contributed by atoms with Crippen LogP contribution in [0.15, 0.2) is 16.9 Å². The first kappa shape index (κ1) is 15.6. The zero-order valence-electron chi connectivity index (χ0n) is 13.8. The third-order valence-corrected chi connectivity index (χ3v) is 6.19. The van der Waals surface area contributed by atoms with E-state index in [1.165, 1.54) is 0 Å². The number of hydrogen-bond donors (Lipinski definition) is 0. The number of rotatable bonds is 1. The van der Waals surface area contributed by atoms with Crippen LogP contribution >= 0.6 is 22.9 Å². The molecule has 0 atom stereocenters. The molecule has 0 saturated carbocycles. The molecule has 1 aliphatic rings. The Kier molecular flexibility index (Phi) is 3.62. The van der Waals surface area contributed by atoms with Gasteiger partial charge in [0.05, 0.1) is 33.0 Å². The molecule has 0 amide bonds. The van der Waals surface area contributed by atoms with E-state index in [0.717, 1.165) is 56.0 Å². The lowest BCUT2D eigenvalue weighted by atomic mass is 10.1. The average Bonchev–Trinajstić information content (AvgIpc) is 3.03. The van der Waals surface area contributed by atoms with Gasteiger partial charge in [-0.25, -0.2) is 9.97 Å². The van der Waals surface area contributed by atoms with E-state index in [1.54, 1.807) is 23.0 Å². The summed E-state index contributed by atoms with van der Waals surface area (Å²) < 4.78 is 2.62. The summed E-state index contributed by atoms with van der Waals surface area (Å²) in [6, 6.07) is 3.90. The Morgan fingerprint density at radius 1 is 1.25 bits per heavy atom. The number of fused-ring (bicyclic) bond motifs is 2. The average molecular weight is 361 g/mol. The molecule has 124 valence electrons. The summed E-state index contributed by atoms with van der Waals surface area (Å²) in [4.78, 5) is 24.0. The second kappa shape index (κ2) is 5.57. The largest absolute Gasteiger partial charge is 0.343 e. The monoisotopic (exact) mass is 360 g/mol. The molecule has 4 rings (SSSR count). The number of hydrogen-bond acceptors (Lipinski definition) is 5. The number of aryl methyl sites for hydroxylation is 2. The minimum absolute atomic E-state index is 0.0394. The molecule has 0 saturated heterocycles. The van der Waals surface area contributed by atoms with E-state index >= 15 is 0 Å². The van der Waals surface area contributed by atoms with Crippen LogP contribution in [0.2, 0.25) is 5.02 Å². The zero-order chi connectivity index (χ0) is 17.0. The maximum Gasteiger partial charge on any atom is 0.258 e. The molecule has 7 heteroatoms. The Hall–Kier alpha value is -1.92. The lowest BCUT2D eigenvalue weighted by Gasteiger charge is -2.27. The molecule has 1 aromatic carbocycles. The van der Waals surface area contributed by atoms with Crippen LogP contribution in [0.25, 0.3) is 10.2 Å². The standard InChI is InChI=1S/C17H17ClN4OS/c1-9-4-5-12(18)15-14(9)20-17(24-15)22-7-6-13-11(8-22)16(23)21(3)10(2)19-13/h4-5H,6-8H2,1-3H3. The fourth-order valence-electron chi connectivity index (χ4n) is 3.08. The van der Waals surface area contributed by atoms with E-state index in [1.807, 2.05) is 26.0 Å². The Labute approximate surface area is 148 Å². The van der Waals surface area contributed by atoms with E-state index in [4.69, 9.17) is 16.6 Å². The highest BCUT2D eigenvalue weighted by Gasteiger charge is 2.24. The smallest absolute Gasteiger partial charge is 0.258 e. The summed E-state index contributed by atoms with van der Waals surface area (Å²) in [6.45, 7) is 5.26. The minimum atomic E-state index is 0.0394. The third-order valence-electron chi connectivity index (χ3n) is 4.62. The van der Waals surface area contributed by atoms with Gasteiger partial charge in [0.25, 0.3) is 5.56 Å². The van der Waals surface area contributed by atoms with Crippen molar-refractivity contribution in [2.45, 2.75) is 26.8 Å². The van der Waals surface area contributed by atoms with E-state index < -0.39 is 0 Å². The van der Waals surface area contributed by atoms with Gasteiger partial charge < -0.3 is 4.90 Å². The van der Waals surface area contributed by atoms with Crippen LogP contribution < -0.4 is 10.5 Å². The number of aromatic nitrogens is 3. The maximum atomic E-state index is 12.5. The summed E-state index contributed by atoms with van der Waals surface area (Å²) >= 11 is 7.90. The minimum Gasteiger partial charge on any atom is -0.343 e. The van der Waals surface area contributed by atoms with Gasteiger partial charge in [-0.05, 0) is 25.5 Å². The first-order valence-corrected chi connectivity index (χ1v) is 9.01. The lowest BCUT2D eigenvalue weighted by molar-refractivity contribution is 0.654. The predicted molar refractivity (Wildman–Crippen MR) is 98.3 cm³/mol. The number of anilines is 1. The molecule has 5 nitrogen and oxygen atoms in total. The first-order chi connectivity index (χ1) is 11.5. The first-order valence-electron chi connectivity index (χ1n) is 7.81. The van der Waals surface area contributed by atoms with Gasteiger partial charge in [0.2, 0.25) is 0 Å². The molecular formula is C17H17ClN4OS. The van der Waals surface area contributed by atoms with Crippen molar-refractivity contribution in [1.29, 1.82) is 0 Å². The molecule has 0 aliphatic carbocycles. The van der Waals surface area contributed by atoms with Crippen molar-refractivity contribution in [2.24, 2.45) is 7.05 Å². The van der Waals surface area contributed by atoms with Gasteiger partial charge in [0.15, 0.2) is 5.13 Å². The highest BCUT2D eigenvalue weighted by Crippen LogP contribution is 2.36. The van der Waals surface area contributed by atoms with E-state index in [9.17, 15) is 4.79 Å². The van der Waals surface area contributed by atoms with Gasteiger partial charge >= 0.3 is 0 Å². The summed E-state index contributed by atoms with van der Waals surface area (Å²) in [5, 5.41) is 1.64. The van der Waals surface area contributed by atoms with Crippen molar-refractivity contribution < 1.29 is 0 Å². The Balaban J connectivity index is 1.78. The molecule has 0 spiro atoms. The number of thiazole rings is 1. The zero-order valence-corrected chi connectivity index (χ0v) is 15.3. The van der Waals surface area contributed by atoms with Gasteiger partial charge in [0, 0.05) is 20.0 Å². The fraction of sp³-hybridized carbons (Fsp3) is 0.353. The van der Waals surface area contributed by atoms with Crippen LogP contribution in [0.4, 0.5) is 5.13 Å². The molecule has 2 aromatic heterocycles. The highest BCUT2D eigenvalue weighted by molar-refractivity contribution is 7.22. The normalized spacial score (nSPS) is 14.2. The molecule has 0 fully saturated rings. The van der Waals surface area contributed by atoms with Crippen LogP contribution in [-0.4, -0.2) is 21.1 Å². The summed E-state index contributed by atoms with van der Waals surface area (Å²) in [5.41, 5.74) is 3.79. The summed E-state index contributed by atoms with van der Waals surface area (Å²) in [6.07, 6.45) is 0.759. The van der Waals surface area contributed by atoms with Crippen LogP contribution in [0.5, 0.6) is 0 Å². The lowest BCUT2D eigenvalue weighted by Crippen LogP contribution is -2.38. The highest BCUT2D eigenvalue weighted by atomic mass is 35.5. The number of benzene rings is 1. The molecular weight excluding hydrogens is 344 g/mol. The molecule has 3 heterocycles. The fourth-order valence-corrected chi connectivity index (χ4v) is 4.42. The molecule has 0 radical (unpaired) electrons. The Morgan fingerprint density at radius 3 is 2.79 bits per heavy atom. The SMILES string of the molecule is Cc1ccc(Cl)c2sc(N3CCc4nc(C)n(C)c(=O)c4C3)nc12. The van der Waals surface area contributed by atoms with Crippen molar-refractivity contribution in [1.82, 2.24) is 14.5 Å². The molecule has 1 aliphatic heterocycles. The molecule has 3 aromatic rings. The topological polar surface area (TPSA) is 51.0 Å². The summed E-state index contributed by atoms with van der Waals surface area (Å²) in [7, 11) is 1.77. The van der Waals surface area contributed by atoms with Crippen LogP contribution in [-0.2, 0) is 20.0 Å². The van der Waals surface area contributed by atoms with Crippen molar-refractivity contribution in [3.05, 3.63) is 50.2 Å². The van der Waals surface area contributed by atoms with Crippen LogP contribution in [0.1, 0.15) is 22.6 Å². The third kappa shape index (κ3) is 2.32. The van der Waals surface area contributed by atoms with Crippen LogP contribution in [0.3, 0.4) is 0 Å². The number of halogens is 1. The molecule has 0 N–H and O–H groups in total. The Bertz CT molecular complexity index is 985. The number of nitrogens with zero attached hydrogens (tertiary/aromatic N) is 4. The van der Waals surface area contributed by atoms with Gasteiger partial charge in [0.1, 0.15) is 5.82 Å². The van der Waals surface area contributed by atoms with Crippen molar-refractivity contribution in [3.8, 4) is 0 Å². The maximum absolute atomic E-state index is 12.5. The van der Waals surface area contributed by atoms with Crippen molar-refractivity contribution in [3.63, 3.8) is 0 Å². The van der Waals surface area contributed by atoms with E-state index in [2.05, 4.69) is 9.88 Å². The van der Waals surface area contributed by atoms with E-state index in [0.29, 0.717) is 6.54 Å². The molecule has 0 bridgehead atoms. The Morgan fingerprint density at radius 2 is 2.04 bits per heavy atom. The second-order valence-electron chi connectivity index (χ2n) is 6.16.